The molecular formula is C28H28O4. The van der Waals surface area contributed by atoms with Crippen LogP contribution < -0.4 is 4.74 Å². The fraction of sp³-hybridized carbons (Fsp3) is 0.143. The highest BCUT2D eigenvalue weighted by atomic mass is 16.5. The van der Waals surface area contributed by atoms with Crippen LogP contribution in [0.2, 0.25) is 0 Å². The van der Waals surface area contributed by atoms with Crippen molar-refractivity contribution in [1.82, 2.24) is 0 Å². The van der Waals surface area contributed by atoms with Crippen LogP contribution >= 0.6 is 0 Å². The molecule has 0 aliphatic rings. The monoisotopic (exact) mass is 428 g/mol. The number of esters is 2. The van der Waals surface area contributed by atoms with Gasteiger partial charge in [0, 0.05) is 12.5 Å². The van der Waals surface area contributed by atoms with E-state index < -0.39 is 5.97 Å². The molecule has 2 aromatic rings. The highest BCUT2D eigenvalue weighted by molar-refractivity contribution is 5.87. The van der Waals surface area contributed by atoms with Gasteiger partial charge in [0.1, 0.15) is 5.75 Å². The van der Waals surface area contributed by atoms with Gasteiger partial charge in [-0.3, -0.25) is 4.79 Å². The Morgan fingerprint density at radius 2 is 1.16 bits per heavy atom. The number of carbonyl (C=O) groups is 2. The van der Waals surface area contributed by atoms with Gasteiger partial charge in [-0.15, -0.1) is 0 Å². The van der Waals surface area contributed by atoms with Crippen LogP contribution in [0.25, 0.3) is 6.08 Å². The van der Waals surface area contributed by atoms with Gasteiger partial charge >= 0.3 is 11.9 Å². The topological polar surface area (TPSA) is 52.6 Å². The van der Waals surface area contributed by atoms with E-state index in [2.05, 4.69) is 0 Å². The summed E-state index contributed by atoms with van der Waals surface area (Å²) in [5, 5.41) is 0. The summed E-state index contributed by atoms with van der Waals surface area (Å²) in [4.78, 5) is 23.9. The number of benzene rings is 1. The van der Waals surface area contributed by atoms with Crippen LogP contribution in [0.5, 0.6) is 5.75 Å². The summed E-state index contributed by atoms with van der Waals surface area (Å²) >= 11 is 0. The molecular weight excluding hydrogens is 400 g/mol. The van der Waals surface area contributed by atoms with Crippen LogP contribution in [0.3, 0.4) is 0 Å². The Balaban J connectivity index is 1.76. The fourth-order valence-electron chi connectivity index (χ4n) is 2.50. The molecule has 0 atom stereocenters. The van der Waals surface area contributed by atoms with Crippen LogP contribution in [0.4, 0.5) is 0 Å². The number of hydrogen-bond acceptors (Lipinski definition) is 4. The Labute approximate surface area is 189 Å². The van der Waals surface area contributed by atoms with Crippen molar-refractivity contribution in [2.75, 3.05) is 6.61 Å². The van der Waals surface area contributed by atoms with Crippen molar-refractivity contribution in [3.8, 4) is 5.75 Å². The molecule has 0 saturated carbocycles. The molecule has 0 aliphatic heterocycles. The largest absolute Gasteiger partial charge is 0.463 e. The normalized spacial score (nSPS) is 9.88. The maximum absolute atomic E-state index is 12.2. The van der Waals surface area contributed by atoms with Crippen molar-refractivity contribution in [2.45, 2.75) is 19.3 Å². The molecule has 0 heterocycles. The summed E-state index contributed by atoms with van der Waals surface area (Å²) in [5.74, 6) is -0.267. The molecule has 0 unspecified atom stereocenters. The van der Waals surface area contributed by atoms with E-state index in [-0.39, 0.29) is 19.0 Å². The van der Waals surface area contributed by atoms with Gasteiger partial charge in [0.25, 0.3) is 0 Å². The van der Waals surface area contributed by atoms with Gasteiger partial charge in [-0.2, -0.15) is 0 Å². The SMILES string of the molecule is O=C(/C=C/c1ccccc1)OCCCCC(=O)Oc1ccccccccccccc1. The zero-order valence-corrected chi connectivity index (χ0v) is 18.0. The summed E-state index contributed by atoms with van der Waals surface area (Å²) in [5.41, 5.74) is 0.933. The van der Waals surface area contributed by atoms with Crippen molar-refractivity contribution in [3.05, 3.63) is 121 Å². The second-order valence-electron chi connectivity index (χ2n) is 6.70. The Kier molecular flexibility index (Phi) is 12.1. The lowest BCUT2D eigenvalue weighted by Crippen LogP contribution is -2.08. The molecule has 164 valence electrons. The first-order valence-corrected chi connectivity index (χ1v) is 10.6. The molecule has 2 rings (SSSR count). The van der Waals surface area contributed by atoms with E-state index in [1.54, 1.807) is 18.2 Å². The van der Waals surface area contributed by atoms with E-state index in [0.717, 1.165) is 5.56 Å². The summed E-state index contributed by atoms with van der Waals surface area (Å²) in [6.07, 6.45) is 4.51. The Bertz CT molecular complexity index is 945. The lowest BCUT2D eigenvalue weighted by molar-refractivity contribution is -0.137. The van der Waals surface area contributed by atoms with Crippen molar-refractivity contribution in [3.63, 3.8) is 0 Å². The first kappa shape index (κ1) is 24.4. The third-order valence-corrected chi connectivity index (χ3v) is 4.09. The van der Waals surface area contributed by atoms with Crippen molar-refractivity contribution in [1.29, 1.82) is 0 Å². The Hall–Kier alpha value is -3.92. The van der Waals surface area contributed by atoms with E-state index in [1.165, 1.54) is 6.08 Å². The maximum Gasteiger partial charge on any atom is 0.330 e. The summed E-state index contributed by atoms with van der Waals surface area (Å²) < 4.78 is 10.6. The molecule has 0 bridgehead atoms. The third-order valence-electron chi connectivity index (χ3n) is 4.09. The lowest BCUT2D eigenvalue weighted by atomic mass is 10.2. The third kappa shape index (κ3) is 11.9. The second-order valence-corrected chi connectivity index (χ2v) is 6.70. The van der Waals surface area contributed by atoms with E-state index >= 15 is 0 Å². The first-order chi connectivity index (χ1) is 15.7. The van der Waals surface area contributed by atoms with Gasteiger partial charge in [-0.05, 0) is 36.6 Å². The van der Waals surface area contributed by atoms with Gasteiger partial charge in [-0.25, -0.2) is 4.79 Å². The van der Waals surface area contributed by atoms with Gasteiger partial charge in [0.05, 0.1) is 6.61 Å². The molecule has 4 nitrogen and oxygen atoms in total. The number of hydrogen-bond donors (Lipinski definition) is 0. The Morgan fingerprint density at radius 1 is 0.656 bits per heavy atom. The molecule has 4 heteroatoms. The van der Waals surface area contributed by atoms with E-state index in [0.29, 0.717) is 18.6 Å². The number of carbonyl (C=O) groups excluding carboxylic acids is 2. The number of rotatable bonds is 8. The minimum Gasteiger partial charge on any atom is -0.463 e. The van der Waals surface area contributed by atoms with Gasteiger partial charge in [0.15, 0.2) is 0 Å². The standard InChI is InChI=1S/C28H28O4/c29-27(23-22-25-17-11-10-12-18-25)31-24-16-15-21-28(30)32-26-19-13-8-6-4-2-1-3-5-7-9-14-20-26/h1-14,17-20,22-23H,15-16,21,24H2/b2-1?,3-1?,4-2?,5-3?,6-4?,7-5?,8-6?,9-7?,13-8?,14-9?,19-13?,20-14?,23-22+,26-19?,26-20?. The second kappa shape index (κ2) is 15.9. The van der Waals surface area contributed by atoms with Crippen molar-refractivity contribution >= 4 is 18.0 Å². The molecule has 0 spiro atoms. The van der Waals surface area contributed by atoms with Crippen molar-refractivity contribution in [2.24, 2.45) is 0 Å². The van der Waals surface area contributed by atoms with Crippen LogP contribution in [-0.4, -0.2) is 18.5 Å². The van der Waals surface area contributed by atoms with Gasteiger partial charge in [0.2, 0.25) is 0 Å². The minimum absolute atomic E-state index is 0.246. The average Bonchev–Trinajstić information content (AvgIpc) is 2.80. The zero-order chi connectivity index (χ0) is 22.7. The quantitative estimate of drug-likeness (QED) is 0.283. The minimum atomic E-state index is -0.398. The molecule has 0 saturated heterocycles. The van der Waals surface area contributed by atoms with Crippen LogP contribution in [0, 0.1) is 0 Å². The Morgan fingerprint density at radius 3 is 1.75 bits per heavy atom. The molecule has 0 amide bonds. The molecule has 0 radical (unpaired) electrons. The molecule has 0 aliphatic carbocycles. The predicted molar refractivity (Wildman–Crippen MR) is 128 cm³/mol. The zero-order valence-electron chi connectivity index (χ0n) is 18.0. The fourth-order valence-corrected chi connectivity index (χ4v) is 2.50. The maximum atomic E-state index is 12.2. The average molecular weight is 429 g/mol. The molecule has 2 aromatic carbocycles. The molecule has 0 fully saturated rings. The summed E-state index contributed by atoms with van der Waals surface area (Å²) in [6.45, 7) is 0.260. The number of ether oxygens (including phenoxy) is 2. The smallest absolute Gasteiger partial charge is 0.330 e. The summed E-state index contributed by atoms with van der Waals surface area (Å²) in [7, 11) is 0. The van der Waals surface area contributed by atoms with E-state index in [1.807, 2.05) is 97.1 Å². The summed E-state index contributed by atoms with van der Waals surface area (Å²) in [6, 6.07) is 33.7. The van der Waals surface area contributed by atoms with Crippen molar-refractivity contribution < 1.29 is 19.1 Å². The van der Waals surface area contributed by atoms with E-state index in [4.69, 9.17) is 9.47 Å². The first-order valence-electron chi connectivity index (χ1n) is 10.6. The van der Waals surface area contributed by atoms with E-state index in [9.17, 15) is 9.59 Å². The van der Waals surface area contributed by atoms with Crippen LogP contribution in [0.15, 0.2) is 115 Å². The predicted octanol–water partition coefficient (Wildman–Crippen LogP) is 6.27. The highest BCUT2D eigenvalue weighted by Gasteiger charge is 2.04. The lowest BCUT2D eigenvalue weighted by Gasteiger charge is -2.04. The molecule has 0 aromatic heterocycles. The van der Waals surface area contributed by atoms with Gasteiger partial charge in [-0.1, -0.05) is 97.1 Å². The van der Waals surface area contributed by atoms with Gasteiger partial charge < -0.3 is 9.47 Å². The molecule has 32 heavy (non-hydrogen) atoms. The highest BCUT2D eigenvalue weighted by Crippen LogP contribution is 2.08. The number of unbranched alkanes of at least 4 members (excludes halogenated alkanes) is 1. The van der Waals surface area contributed by atoms with Crippen LogP contribution in [-0.2, 0) is 14.3 Å². The molecule has 0 N–H and O–H groups in total. The van der Waals surface area contributed by atoms with Crippen LogP contribution in [0.1, 0.15) is 24.8 Å².